The minimum Gasteiger partial charge on any atom is -0.337 e. The van der Waals surface area contributed by atoms with E-state index < -0.39 is 25.0 Å². The van der Waals surface area contributed by atoms with Crippen LogP contribution < -0.4 is 0 Å². The number of hydrogen-bond acceptors (Lipinski definition) is 4. The third-order valence-corrected chi connectivity index (χ3v) is 4.26. The minimum atomic E-state index is -4.32. The van der Waals surface area contributed by atoms with Crippen LogP contribution in [0.4, 0.5) is 13.2 Å². The summed E-state index contributed by atoms with van der Waals surface area (Å²) in [4.78, 5) is 18.0. The Balaban J connectivity index is 1.88. The average molecular weight is 377 g/mol. The molecule has 1 amide bonds. The molecule has 3 rings (SSSR count). The Morgan fingerprint density at radius 1 is 1.26 bits per heavy atom. The summed E-state index contributed by atoms with van der Waals surface area (Å²) in [5, 5.41) is 8.83. The summed E-state index contributed by atoms with van der Waals surface area (Å²) in [6.45, 7) is 3.04. The van der Waals surface area contributed by atoms with E-state index >= 15 is 0 Å². The van der Waals surface area contributed by atoms with E-state index in [2.05, 4.69) is 15.3 Å². The summed E-state index contributed by atoms with van der Waals surface area (Å²) < 4.78 is 38.9. The smallest absolute Gasteiger partial charge is 0.337 e. The number of rotatable bonds is 5. The number of nitrogens with zero attached hydrogens (tertiary/aromatic N) is 5. The maximum atomic E-state index is 12.6. The number of benzene rings is 1. The van der Waals surface area contributed by atoms with Crippen molar-refractivity contribution in [3.05, 3.63) is 47.9 Å². The van der Waals surface area contributed by atoms with Gasteiger partial charge in [-0.3, -0.25) is 9.78 Å². The van der Waals surface area contributed by atoms with Gasteiger partial charge in [0, 0.05) is 24.7 Å². The Labute approximate surface area is 153 Å². The van der Waals surface area contributed by atoms with Crippen molar-refractivity contribution in [2.75, 3.05) is 13.1 Å². The maximum Gasteiger partial charge on any atom is 0.390 e. The third-order valence-electron chi connectivity index (χ3n) is 4.26. The maximum absolute atomic E-state index is 12.6. The van der Waals surface area contributed by atoms with E-state index in [0.29, 0.717) is 11.4 Å². The molecule has 2 aromatic heterocycles. The van der Waals surface area contributed by atoms with Crippen molar-refractivity contribution in [1.29, 1.82) is 0 Å². The summed E-state index contributed by atoms with van der Waals surface area (Å²) in [5.41, 5.74) is 2.02. The molecule has 0 saturated heterocycles. The lowest BCUT2D eigenvalue weighted by Gasteiger charge is -2.20. The number of carbonyl (C=O) groups excluding carboxylic acids is 1. The second-order valence-corrected chi connectivity index (χ2v) is 6.07. The van der Waals surface area contributed by atoms with Gasteiger partial charge in [-0.25, -0.2) is 4.68 Å². The van der Waals surface area contributed by atoms with Gasteiger partial charge in [-0.2, -0.15) is 13.2 Å². The highest BCUT2D eigenvalue weighted by atomic mass is 19.4. The van der Waals surface area contributed by atoms with Crippen LogP contribution >= 0.6 is 0 Å². The first kappa shape index (κ1) is 18.8. The van der Waals surface area contributed by atoms with Crippen LogP contribution in [0.5, 0.6) is 0 Å². The number of carbonyl (C=O) groups is 1. The van der Waals surface area contributed by atoms with Crippen molar-refractivity contribution in [1.82, 2.24) is 24.9 Å². The Bertz CT molecular complexity index is 967. The van der Waals surface area contributed by atoms with Crippen molar-refractivity contribution in [2.24, 2.45) is 0 Å². The van der Waals surface area contributed by atoms with Crippen LogP contribution in [-0.2, 0) is 0 Å². The van der Waals surface area contributed by atoms with E-state index in [1.807, 2.05) is 24.3 Å². The van der Waals surface area contributed by atoms with Crippen LogP contribution in [0.1, 0.15) is 29.5 Å². The highest BCUT2D eigenvalue weighted by Crippen LogP contribution is 2.22. The lowest BCUT2D eigenvalue weighted by Crippen LogP contribution is -2.34. The molecule has 9 heteroatoms. The number of pyridine rings is 1. The molecular weight excluding hydrogens is 359 g/mol. The molecule has 0 spiro atoms. The zero-order valence-electron chi connectivity index (χ0n) is 14.9. The van der Waals surface area contributed by atoms with E-state index in [9.17, 15) is 18.0 Å². The van der Waals surface area contributed by atoms with Crippen molar-refractivity contribution in [3.63, 3.8) is 0 Å². The molecule has 0 fully saturated rings. The number of halogens is 3. The number of aromatic nitrogens is 4. The van der Waals surface area contributed by atoms with E-state index in [4.69, 9.17) is 0 Å². The van der Waals surface area contributed by atoms with Gasteiger partial charge in [-0.05, 0) is 38.1 Å². The van der Waals surface area contributed by atoms with E-state index in [-0.39, 0.29) is 12.2 Å². The summed E-state index contributed by atoms with van der Waals surface area (Å²) in [6.07, 6.45) is -3.68. The van der Waals surface area contributed by atoms with E-state index in [1.165, 1.54) is 4.68 Å². The minimum absolute atomic E-state index is 0.0466. The first-order valence-corrected chi connectivity index (χ1v) is 8.43. The van der Waals surface area contributed by atoms with Gasteiger partial charge < -0.3 is 4.90 Å². The number of fused-ring (bicyclic) bond motifs is 1. The molecule has 0 bridgehead atoms. The SMILES string of the molecule is CCN(CCC(F)(F)F)C(=O)c1nnn(-c2ccc3ncccc3c2)c1C. The van der Waals surface area contributed by atoms with Gasteiger partial charge in [0.05, 0.1) is 23.3 Å². The predicted octanol–water partition coefficient (Wildman–Crippen LogP) is 3.54. The lowest BCUT2D eigenvalue weighted by molar-refractivity contribution is -0.136. The second kappa shape index (κ2) is 7.34. The van der Waals surface area contributed by atoms with E-state index in [0.717, 1.165) is 15.8 Å². The molecule has 0 unspecified atom stereocenters. The fraction of sp³-hybridized carbons (Fsp3) is 0.333. The van der Waals surface area contributed by atoms with Gasteiger partial charge >= 0.3 is 6.18 Å². The Morgan fingerprint density at radius 2 is 2.04 bits per heavy atom. The molecule has 27 heavy (non-hydrogen) atoms. The van der Waals surface area contributed by atoms with Crippen LogP contribution in [0.2, 0.25) is 0 Å². The molecule has 0 aliphatic rings. The van der Waals surface area contributed by atoms with Crippen LogP contribution in [-0.4, -0.2) is 50.1 Å². The first-order valence-electron chi connectivity index (χ1n) is 8.43. The molecule has 3 aromatic rings. The van der Waals surface area contributed by atoms with Crippen LogP contribution in [0, 0.1) is 6.92 Å². The zero-order valence-corrected chi connectivity index (χ0v) is 14.9. The largest absolute Gasteiger partial charge is 0.390 e. The highest BCUT2D eigenvalue weighted by Gasteiger charge is 2.30. The molecule has 2 heterocycles. The lowest BCUT2D eigenvalue weighted by atomic mass is 10.2. The molecule has 0 saturated carbocycles. The topological polar surface area (TPSA) is 63.9 Å². The molecule has 0 radical (unpaired) electrons. The Kier molecular flexibility index (Phi) is 5.11. The van der Waals surface area contributed by atoms with Crippen molar-refractivity contribution in [3.8, 4) is 5.69 Å². The Morgan fingerprint density at radius 3 is 2.74 bits per heavy atom. The predicted molar refractivity (Wildman–Crippen MR) is 93.6 cm³/mol. The molecule has 0 aliphatic carbocycles. The summed E-state index contributed by atoms with van der Waals surface area (Å²) in [6, 6.07) is 9.20. The molecule has 0 atom stereocenters. The second-order valence-electron chi connectivity index (χ2n) is 6.07. The molecule has 1 aromatic carbocycles. The van der Waals surface area contributed by atoms with Crippen LogP contribution in [0.15, 0.2) is 36.5 Å². The van der Waals surface area contributed by atoms with Crippen LogP contribution in [0.3, 0.4) is 0 Å². The third kappa shape index (κ3) is 4.07. The van der Waals surface area contributed by atoms with Gasteiger partial charge in [-0.1, -0.05) is 11.3 Å². The van der Waals surface area contributed by atoms with Gasteiger partial charge in [0.2, 0.25) is 0 Å². The standard InChI is InChI=1S/C18H18F3N5O/c1-3-25(10-8-18(19,20)21)17(27)16-12(2)26(24-23-16)14-6-7-15-13(11-14)5-4-9-22-15/h4-7,9,11H,3,8,10H2,1-2H3. The van der Waals surface area contributed by atoms with E-state index in [1.54, 1.807) is 26.1 Å². The van der Waals surface area contributed by atoms with Gasteiger partial charge in [0.15, 0.2) is 5.69 Å². The Hall–Kier alpha value is -2.97. The fourth-order valence-corrected chi connectivity index (χ4v) is 2.78. The molecular formula is C18H18F3N5O. The monoisotopic (exact) mass is 377 g/mol. The molecule has 6 nitrogen and oxygen atoms in total. The normalized spacial score (nSPS) is 11.7. The number of amides is 1. The van der Waals surface area contributed by atoms with Crippen LogP contribution in [0.25, 0.3) is 16.6 Å². The summed E-state index contributed by atoms with van der Waals surface area (Å²) >= 11 is 0. The average Bonchev–Trinajstić information content (AvgIpc) is 3.02. The summed E-state index contributed by atoms with van der Waals surface area (Å²) in [5.74, 6) is -0.562. The van der Waals surface area contributed by atoms with Crippen molar-refractivity contribution >= 4 is 16.8 Å². The fourth-order valence-electron chi connectivity index (χ4n) is 2.78. The molecule has 0 N–H and O–H groups in total. The number of hydrogen-bond donors (Lipinski definition) is 0. The highest BCUT2D eigenvalue weighted by molar-refractivity contribution is 5.93. The van der Waals surface area contributed by atoms with Crippen molar-refractivity contribution < 1.29 is 18.0 Å². The van der Waals surface area contributed by atoms with Gasteiger partial charge in [-0.15, -0.1) is 5.10 Å². The van der Waals surface area contributed by atoms with Gasteiger partial charge in [0.25, 0.3) is 5.91 Å². The zero-order chi connectivity index (χ0) is 19.6. The number of alkyl halides is 3. The quantitative estimate of drug-likeness (QED) is 0.682. The molecule has 142 valence electrons. The first-order chi connectivity index (χ1) is 12.8. The molecule has 0 aliphatic heterocycles. The summed E-state index contributed by atoms with van der Waals surface area (Å²) in [7, 11) is 0. The van der Waals surface area contributed by atoms with Gasteiger partial charge in [0.1, 0.15) is 0 Å². The van der Waals surface area contributed by atoms with Crippen molar-refractivity contribution in [2.45, 2.75) is 26.4 Å².